The second-order valence-electron chi connectivity index (χ2n) is 2.32. The first kappa shape index (κ1) is 10.9. The van der Waals surface area contributed by atoms with Crippen LogP contribution in [0, 0.1) is 0 Å². The molecule has 0 atom stereocenters. The maximum Gasteiger partial charge on any atom is 0.0489 e. The van der Waals surface area contributed by atoms with Crippen molar-refractivity contribution in [3.63, 3.8) is 0 Å². The highest BCUT2D eigenvalue weighted by Crippen LogP contribution is 2.37. The number of anilines is 1. The van der Waals surface area contributed by atoms with E-state index in [1.54, 1.807) is 10.8 Å². The summed E-state index contributed by atoms with van der Waals surface area (Å²) in [5, 5.41) is 3.26. The number of rotatable bonds is 5. The second kappa shape index (κ2) is 6.29. The van der Waals surface area contributed by atoms with Gasteiger partial charge < -0.3 is 5.32 Å². The molecule has 0 aliphatic carbocycles. The highest BCUT2D eigenvalue weighted by atomic mass is 33.5. The topological polar surface area (TPSA) is 12.0 Å². The Labute approximate surface area is 91.6 Å². The average molecular weight is 229 g/mol. The van der Waals surface area contributed by atoms with E-state index >= 15 is 0 Å². The molecule has 0 radical (unpaired) electrons. The van der Waals surface area contributed by atoms with E-state index in [1.165, 1.54) is 14.7 Å². The van der Waals surface area contributed by atoms with E-state index in [9.17, 15) is 0 Å². The van der Waals surface area contributed by atoms with Crippen LogP contribution < -0.4 is 5.32 Å². The van der Waals surface area contributed by atoms with Crippen molar-refractivity contribution in [1.82, 2.24) is 0 Å². The normalized spacial score (nSPS) is 9.62. The molecule has 0 unspecified atom stereocenters. The Hall–Kier alpha value is -0.190. The first-order valence-electron chi connectivity index (χ1n) is 3.80. The highest BCUT2D eigenvalue weighted by molar-refractivity contribution is 9.05. The van der Waals surface area contributed by atoms with Crippen LogP contribution in [0.4, 0.5) is 5.69 Å². The fourth-order valence-corrected chi connectivity index (χ4v) is 2.75. The molecular weight excluding hydrogens is 218 g/mol. The van der Waals surface area contributed by atoms with Crippen LogP contribution in [0.15, 0.2) is 41.8 Å². The lowest BCUT2D eigenvalue weighted by Gasteiger charge is -2.07. The van der Waals surface area contributed by atoms with Gasteiger partial charge in [0.25, 0.3) is 0 Å². The quantitative estimate of drug-likeness (QED) is 0.452. The summed E-state index contributed by atoms with van der Waals surface area (Å²) >= 11 is 4.10. The molecule has 0 saturated carbocycles. The molecule has 1 N–H and O–H groups in total. The van der Waals surface area contributed by atoms with Gasteiger partial charge in [0.05, 0.1) is 0 Å². The van der Waals surface area contributed by atoms with Crippen molar-refractivity contribution in [2.45, 2.75) is 4.90 Å². The maximum atomic E-state index is 4.10. The van der Waals surface area contributed by atoms with Gasteiger partial charge >= 0.3 is 0 Å². The van der Waals surface area contributed by atoms with Crippen molar-refractivity contribution in [2.24, 2.45) is 0 Å². The first-order chi connectivity index (χ1) is 6.38. The van der Waals surface area contributed by atoms with Crippen LogP contribution in [-0.2, 0) is 0 Å². The Bertz CT molecular complexity index is 275. The van der Waals surface area contributed by atoms with Gasteiger partial charge in [-0.15, -0.1) is 6.58 Å². The highest BCUT2D eigenvalue weighted by Gasteiger charge is 1.99. The van der Waals surface area contributed by atoms with E-state index < -0.39 is 0 Å². The molecule has 0 bridgehead atoms. The van der Waals surface area contributed by atoms with E-state index in [-0.39, 0.29) is 0 Å². The molecule has 0 aliphatic rings. The average Bonchev–Trinajstić information content (AvgIpc) is 2.17. The van der Waals surface area contributed by atoms with Gasteiger partial charge in [0, 0.05) is 17.1 Å². The summed E-state index contributed by atoms with van der Waals surface area (Å²) in [6, 6.07) is 8.15. The maximum absolute atomic E-state index is 4.10. The number of hydrogen-bond donors (Lipinski definition) is 2. The van der Waals surface area contributed by atoms with Crippen LogP contribution in [0.1, 0.15) is 0 Å². The van der Waals surface area contributed by atoms with Gasteiger partial charge in [-0.25, -0.2) is 0 Å². The summed E-state index contributed by atoms with van der Waals surface area (Å²) in [5.41, 5.74) is 1.13. The van der Waals surface area contributed by atoms with Crippen LogP contribution in [0.25, 0.3) is 0 Å². The lowest BCUT2D eigenvalue weighted by atomic mass is 10.3. The van der Waals surface area contributed by atoms with Crippen molar-refractivity contribution in [2.75, 3.05) is 11.9 Å². The monoisotopic (exact) mass is 229 g/mol. The van der Waals surface area contributed by atoms with Crippen LogP contribution in [0.3, 0.4) is 0 Å². The lowest BCUT2D eigenvalue weighted by Crippen LogP contribution is -1.98. The van der Waals surface area contributed by atoms with Gasteiger partial charge in [-0.3, -0.25) is 0 Å². The first-order valence-corrected chi connectivity index (χ1v) is 7.00. The van der Waals surface area contributed by atoms with Gasteiger partial charge in [0.2, 0.25) is 0 Å². The van der Waals surface area contributed by atoms with Crippen LogP contribution in [-0.4, -0.2) is 6.54 Å². The zero-order valence-corrected chi connectivity index (χ0v) is 9.59. The molecular formula is C9H11NS3. The van der Waals surface area contributed by atoms with Crippen molar-refractivity contribution in [3.8, 4) is 0 Å². The Kier molecular flexibility index (Phi) is 5.27. The van der Waals surface area contributed by atoms with E-state index in [2.05, 4.69) is 35.7 Å². The third-order valence-electron chi connectivity index (χ3n) is 1.45. The molecule has 0 fully saturated rings. The molecule has 4 heteroatoms. The molecule has 1 nitrogen and oxygen atoms in total. The van der Waals surface area contributed by atoms with Crippen molar-refractivity contribution in [3.05, 3.63) is 36.9 Å². The van der Waals surface area contributed by atoms with E-state index in [0.717, 1.165) is 12.2 Å². The predicted molar refractivity (Wildman–Crippen MR) is 67.6 cm³/mol. The van der Waals surface area contributed by atoms with Gasteiger partial charge in [0.1, 0.15) is 0 Å². The summed E-state index contributed by atoms with van der Waals surface area (Å²) in [6.07, 6.45) is 1.84. The second-order valence-corrected chi connectivity index (χ2v) is 5.37. The Morgan fingerprint density at radius 1 is 1.46 bits per heavy atom. The molecule has 0 spiro atoms. The zero-order chi connectivity index (χ0) is 9.52. The van der Waals surface area contributed by atoms with Crippen LogP contribution >= 0.6 is 32.3 Å². The number of para-hydroxylation sites is 1. The molecule has 70 valence electrons. The van der Waals surface area contributed by atoms with E-state index in [1.807, 2.05) is 18.2 Å². The molecule has 0 saturated heterocycles. The SMILES string of the molecule is C=CCNc1ccccc1SSS. The van der Waals surface area contributed by atoms with Crippen molar-refractivity contribution >= 4 is 38.0 Å². The minimum absolute atomic E-state index is 0.787. The smallest absolute Gasteiger partial charge is 0.0489 e. The van der Waals surface area contributed by atoms with Crippen LogP contribution in [0.5, 0.6) is 0 Å². The summed E-state index contributed by atoms with van der Waals surface area (Å²) in [5.74, 6) is 0. The van der Waals surface area contributed by atoms with Gasteiger partial charge in [-0.1, -0.05) is 29.9 Å². The molecule has 1 rings (SSSR count). The largest absolute Gasteiger partial charge is 0.381 e. The lowest BCUT2D eigenvalue weighted by molar-refractivity contribution is 1.29. The van der Waals surface area contributed by atoms with Crippen LogP contribution in [0.2, 0.25) is 0 Å². The molecule has 1 aromatic rings. The summed E-state index contributed by atoms with van der Waals surface area (Å²) in [7, 11) is 3.08. The molecule has 13 heavy (non-hydrogen) atoms. The molecule has 0 heterocycles. The van der Waals surface area contributed by atoms with Gasteiger partial charge in [0.15, 0.2) is 0 Å². The number of hydrogen-bond acceptors (Lipinski definition) is 4. The zero-order valence-electron chi connectivity index (χ0n) is 7.06. The summed E-state index contributed by atoms with van der Waals surface area (Å²) in [6.45, 7) is 4.45. The van der Waals surface area contributed by atoms with Gasteiger partial charge in [-0.05, 0) is 32.8 Å². The van der Waals surface area contributed by atoms with Crippen molar-refractivity contribution < 1.29 is 0 Å². The van der Waals surface area contributed by atoms with E-state index in [0.29, 0.717) is 0 Å². The molecule has 0 aliphatic heterocycles. The van der Waals surface area contributed by atoms with Crippen molar-refractivity contribution in [1.29, 1.82) is 0 Å². The Morgan fingerprint density at radius 2 is 2.23 bits per heavy atom. The molecule has 0 aromatic heterocycles. The third-order valence-corrected chi connectivity index (χ3v) is 3.49. The number of benzene rings is 1. The summed E-state index contributed by atoms with van der Waals surface area (Å²) in [4.78, 5) is 1.20. The van der Waals surface area contributed by atoms with Gasteiger partial charge in [-0.2, -0.15) is 0 Å². The number of thiol groups is 1. The van der Waals surface area contributed by atoms with E-state index in [4.69, 9.17) is 0 Å². The molecule has 1 aromatic carbocycles. The predicted octanol–water partition coefficient (Wildman–Crippen LogP) is 3.87. The standard InChI is InChI=1S/C9H11NS3/c1-2-7-10-8-5-3-4-6-9(8)12-13-11/h2-6,10-11H,1,7H2. The fourth-order valence-electron chi connectivity index (χ4n) is 0.908. The Morgan fingerprint density at radius 3 is 2.92 bits per heavy atom. The third kappa shape index (κ3) is 3.58. The minimum atomic E-state index is 0.787. The number of nitrogens with one attached hydrogen (secondary N) is 1. The molecule has 0 amide bonds. The fraction of sp³-hybridized carbons (Fsp3) is 0.111. The summed E-state index contributed by atoms with van der Waals surface area (Å²) < 4.78 is 0. The minimum Gasteiger partial charge on any atom is -0.381 e. The Balaban J connectivity index is 2.71.